The highest BCUT2D eigenvalue weighted by molar-refractivity contribution is 6.39. The first kappa shape index (κ1) is 18.8. The van der Waals surface area contributed by atoms with Crippen LogP contribution in [0.2, 0.25) is 0 Å². The summed E-state index contributed by atoms with van der Waals surface area (Å²) >= 11 is 0. The summed E-state index contributed by atoms with van der Waals surface area (Å²) in [7, 11) is 0. The van der Waals surface area contributed by atoms with Crippen molar-refractivity contribution in [2.75, 3.05) is 31.5 Å². The number of nitrogens with one attached hydrogen (secondary N) is 1. The largest absolute Gasteiger partial charge is 0.332 e. The molecule has 0 bridgehead atoms. The van der Waals surface area contributed by atoms with E-state index < -0.39 is 11.8 Å². The molecule has 140 valence electrons. The maximum atomic E-state index is 12.4. The van der Waals surface area contributed by atoms with Gasteiger partial charge in [0, 0.05) is 44.0 Å². The van der Waals surface area contributed by atoms with Crippen molar-refractivity contribution in [2.45, 2.75) is 13.5 Å². The third-order valence-electron chi connectivity index (χ3n) is 4.63. The molecule has 1 N–H and O–H groups in total. The van der Waals surface area contributed by atoms with Crippen LogP contribution in [-0.4, -0.2) is 53.6 Å². The predicted octanol–water partition coefficient (Wildman–Crippen LogP) is 2.17. The minimum Gasteiger partial charge on any atom is -0.332 e. The Labute approximate surface area is 158 Å². The smallest absolute Gasteiger partial charge is 0.313 e. The number of Topliss-reactive ketones (excluding diaryl/α,β-unsaturated/α-hetero) is 1. The van der Waals surface area contributed by atoms with E-state index in [2.05, 4.69) is 22.3 Å². The number of amides is 2. The average Bonchev–Trinajstić information content (AvgIpc) is 2.69. The maximum Gasteiger partial charge on any atom is 0.313 e. The summed E-state index contributed by atoms with van der Waals surface area (Å²) in [6.07, 6.45) is 0. The number of carbonyl (C=O) groups excluding carboxylic acids is 3. The second kappa shape index (κ2) is 8.60. The summed E-state index contributed by atoms with van der Waals surface area (Å²) in [4.78, 5) is 40.0. The van der Waals surface area contributed by atoms with Gasteiger partial charge >= 0.3 is 11.8 Å². The van der Waals surface area contributed by atoms with Gasteiger partial charge in [-0.2, -0.15) is 0 Å². The van der Waals surface area contributed by atoms with Crippen molar-refractivity contribution >= 4 is 23.3 Å². The molecular formula is C21H23N3O3. The SMILES string of the molecule is CC(=O)c1cccc(NC(=O)C(=O)N2CCN(Cc3ccccc3)CC2)c1. The van der Waals surface area contributed by atoms with Gasteiger partial charge in [-0.15, -0.1) is 0 Å². The van der Waals surface area contributed by atoms with Crippen LogP contribution in [0, 0.1) is 0 Å². The van der Waals surface area contributed by atoms with E-state index in [4.69, 9.17) is 0 Å². The Hall–Kier alpha value is -2.99. The third-order valence-corrected chi connectivity index (χ3v) is 4.63. The van der Waals surface area contributed by atoms with Crippen LogP contribution in [0.5, 0.6) is 0 Å². The molecule has 1 aliphatic heterocycles. The van der Waals surface area contributed by atoms with E-state index in [1.54, 1.807) is 29.2 Å². The van der Waals surface area contributed by atoms with Crippen LogP contribution < -0.4 is 5.32 Å². The number of ketones is 1. The maximum absolute atomic E-state index is 12.4. The van der Waals surface area contributed by atoms with Crippen molar-refractivity contribution in [3.63, 3.8) is 0 Å². The lowest BCUT2D eigenvalue weighted by Gasteiger charge is -2.34. The van der Waals surface area contributed by atoms with Gasteiger partial charge in [0.25, 0.3) is 0 Å². The number of rotatable bonds is 4. The Balaban J connectivity index is 1.52. The van der Waals surface area contributed by atoms with E-state index in [0.717, 1.165) is 19.6 Å². The summed E-state index contributed by atoms with van der Waals surface area (Å²) in [5.74, 6) is -1.30. The molecule has 2 amide bonds. The lowest BCUT2D eigenvalue weighted by atomic mass is 10.1. The van der Waals surface area contributed by atoms with Crippen molar-refractivity contribution in [3.05, 3.63) is 65.7 Å². The fourth-order valence-corrected chi connectivity index (χ4v) is 3.09. The van der Waals surface area contributed by atoms with Gasteiger partial charge in [0.2, 0.25) is 0 Å². The minimum absolute atomic E-state index is 0.0908. The Kier molecular flexibility index (Phi) is 5.98. The first-order valence-corrected chi connectivity index (χ1v) is 9.00. The first-order valence-electron chi connectivity index (χ1n) is 9.00. The van der Waals surface area contributed by atoms with Gasteiger partial charge in [0.15, 0.2) is 5.78 Å². The average molecular weight is 365 g/mol. The molecule has 0 aromatic heterocycles. The standard InChI is InChI=1S/C21H23N3O3/c1-16(25)18-8-5-9-19(14-18)22-20(26)21(27)24-12-10-23(11-13-24)15-17-6-3-2-4-7-17/h2-9,14H,10-13,15H2,1H3,(H,22,26). The summed E-state index contributed by atoms with van der Waals surface area (Å²) in [6, 6.07) is 16.8. The molecule has 1 aliphatic rings. The molecule has 1 heterocycles. The molecule has 27 heavy (non-hydrogen) atoms. The molecule has 1 saturated heterocycles. The summed E-state index contributed by atoms with van der Waals surface area (Å²) in [5, 5.41) is 2.59. The number of benzene rings is 2. The highest BCUT2D eigenvalue weighted by Gasteiger charge is 2.26. The quantitative estimate of drug-likeness (QED) is 0.666. The number of hydrogen-bond acceptors (Lipinski definition) is 4. The summed E-state index contributed by atoms with van der Waals surface area (Å²) in [5.41, 5.74) is 2.18. The van der Waals surface area contributed by atoms with Crippen molar-refractivity contribution in [1.29, 1.82) is 0 Å². The van der Waals surface area contributed by atoms with Gasteiger partial charge in [-0.25, -0.2) is 0 Å². The Morgan fingerprint density at radius 1 is 0.926 bits per heavy atom. The van der Waals surface area contributed by atoms with Crippen LogP contribution in [0.25, 0.3) is 0 Å². The molecule has 6 nitrogen and oxygen atoms in total. The van der Waals surface area contributed by atoms with Crippen LogP contribution in [-0.2, 0) is 16.1 Å². The van der Waals surface area contributed by atoms with Gasteiger partial charge in [-0.05, 0) is 24.6 Å². The van der Waals surface area contributed by atoms with E-state index in [1.807, 2.05) is 18.2 Å². The molecule has 2 aromatic rings. The van der Waals surface area contributed by atoms with E-state index in [9.17, 15) is 14.4 Å². The molecule has 2 aromatic carbocycles. The molecule has 0 aliphatic carbocycles. The van der Waals surface area contributed by atoms with E-state index in [0.29, 0.717) is 24.3 Å². The topological polar surface area (TPSA) is 69.7 Å². The van der Waals surface area contributed by atoms with Gasteiger partial charge in [0.1, 0.15) is 0 Å². The lowest BCUT2D eigenvalue weighted by molar-refractivity contribution is -0.144. The highest BCUT2D eigenvalue weighted by Crippen LogP contribution is 2.12. The fraction of sp³-hybridized carbons (Fsp3) is 0.286. The molecule has 0 unspecified atom stereocenters. The second-order valence-electron chi connectivity index (χ2n) is 6.65. The number of anilines is 1. The summed E-state index contributed by atoms with van der Waals surface area (Å²) < 4.78 is 0. The van der Waals surface area contributed by atoms with Gasteiger partial charge in [-0.1, -0.05) is 42.5 Å². The predicted molar refractivity (Wildman–Crippen MR) is 103 cm³/mol. The first-order chi connectivity index (χ1) is 13.0. The van der Waals surface area contributed by atoms with Crippen molar-refractivity contribution in [2.24, 2.45) is 0 Å². The number of nitrogens with zero attached hydrogens (tertiary/aromatic N) is 2. The van der Waals surface area contributed by atoms with Crippen molar-refractivity contribution in [3.8, 4) is 0 Å². The van der Waals surface area contributed by atoms with Crippen molar-refractivity contribution < 1.29 is 14.4 Å². The number of piperazine rings is 1. The Morgan fingerprint density at radius 2 is 1.63 bits per heavy atom. The van der Waals surface area contributed by atoms with Crippen LogP contribution in [0.3, 0.4) is 0 Å². The fourth-order valence-electron chi connectivity index (χ4n) is 3.09. The molecule has 0 spiro atoms. The zero-order valence-corrected chi connectivity index (χ0v) is 15.4. The molecular weight excluding hydrogens is 342 g/mol. The van der Waals surface area contributed by atoms with Gasteiger partial charge in [-0.3, -0.25) is 19.3 Å². The molecule has 3 rings (SSSR count). The Bertz CT molecular complexity index is 828. The normalized spacial score (nSPS) is 14.6. The van der Waals surface area contributed by atoms with Gasteiger partial charge in [0.05, 0.1) is 0 Å². The van der Waals surface area contributed by atoms with Gasteiger partial charge < -0.3 is 10.2 Å². The number of hydrogen-bond donors (Lipinski definition) is 1. The second-order valence-corrected chi connectivity index (χ2v) is 6.65. The molecule has 1 fully saturated rings. The minimum atomic E-state index is -0.674. The van der Waals surface area contributed by atoms with E-state index >= 15 is 0 Å². The zero-order chi connectivity index (χ0) is 19.2. The monoisotopic (exact) mass is 365 g/mol. The molecule has 0 atom stereocenters. The lowest BCUT2D eigenvalue weighted by Crippen LogP contribution is -2.51. The van der Waals surface area contributed by atoms with E-state index in [-0.39, 0.29) is 5.78 Å². The highest BCUT2D eigenvalue weighted by atomic mass is 16.2. The van der Waals surface area contributed by atoms with Crippen LogP contribution in [0.1, 0.15) is 22.8 Å². The summed E-state index contributed by atoms with van der Waals surface area (Å²) in [6.45, 7) is 4.80. The third kappa shape index (κ3) is 5.01. The van der Waals surface area contributed by atoms with Crippen molar-refractivity contribution in [1.82, 2.24) is 9.80 Å². The molecule has 6 heteroatoms. The van der Waals surface area contributed by atoms with E-state index in [1.165, 1.54) is 12.5 Å². The Morgan fingerprint density at radius 3 is 2.30 bits per heavy atom. The van der Waals surface area contributed by atoms with Crippen LogP contribution >= 0.6 is 0 Å². The molecule has 0 radical (unpaired) electrons. The zero-order valence-electron chi connectivity index (χ0n) is 15.4. The molecule has 0 saturated carbocycles. The number of carbonyl (C=O) groups is 3. The van der Waals surface area contributed by atoms with Crippen LogP contribution in [0.15, 0.2) is 54.6 Å². The van der Waals surface area contributed by atoms with Crippen LogP contribution in [0.4, 0.5) is 5.69 Å².